The maximum Gasteiger partial charge on any atom is 0.255 e. The molecular formula is C26H23NO3. The summed E-state index contributed by atoms with van der Waals surface area (Å²) in [7, 11) is 1.61. The van der Waals surface area contributed by atoms with Crippen LogP contribution < -0.4 is 14.8 Å². The number of fused-ring (bicyclic) bond motifs is 1. The van der Waals surface area contributed by atoms with Crippen LogP contribution in [0, 0.1) is 6.92 Å². The molecule has 150 valence electrons. The third kappa shape index (κ3) is 4.28. The highest BCUT2D eigenvalue weighted by atomic mass is 16.5. The van der Waals surface area contributed by atoms with Crippen LogP contribution in [-0.4, -0.2) is 13.0 Å². The van der Waals surface area contributed by atoms with Crippen molar-refractivity contribution in [1.29, 1.82) is 0 Å². The molecular weight excluding hydrogens is 374 g/mol. The van der Waals surface area contributed by atoms with Gasteiger partial charge in [-0.2, -0.15) is 0 Å². The molecule has 0 unspecified atom stereocenters. The van der Waals surface area contributed by atoms with Crippen LogP contribution in [0.4, 0.5) is 5.69 Å². The Hall–Kier alpha value is -3.79. The molecule has 0 spiro atoms. The van der Waals surface area contributed by atoms with Crippen molar-refractivity contribution < 1.29 is 14.3 Å². The van der Waals surface area contributed by atoms with Crippen molar-refractivity contribution in [3.8, 4) is 11.5 Å². The molecule has 4 aromatic rings. The Bertz CT molecular complexity index is 1180. The van der Waals surface area contributed by atoms with Crippen molar-refractivity contribution >= 4 is 22.4 Å². The van der Waals surface area contributed by atoms with E-state index in [4.69, 9.17) is 9.47 Å². The van der Waals surface area contributed by atoms with Crippen molar-refractivity contribution in [2.24, 2.45) is 0 Å². The second-order valence-electron chi connectivity index (χ2n) is 7.11. The molecule has 0 fully saturated rings. The molecule has 1 N–H and O–H groups in total. The lowest BCUT2D eigenvalue weighted by molar-refractivity contribution is 0.102. The summed E-state index contributed by atoms with van der Waals surface area (Å²) in [5.74, 6) is 1.28. The fraction of sp³-hybridized carbons (Fsp3) is 0.115. The van der Waals surface area contributed by atoms with Crippen LogP contribution in [0.15, 0.2) is 84.9 Å². The first-order valence-electron chi connectivity index (χ1n) is 9.79. The molecule has 0 aliphatic heterocycles. The average Bonchev–Trinajstić information content (AvgIpc) is 2.78. The third-order valence-electron chi connectivity index (χ3n) is 5.00. The quantitative estimate of drug-likeness (QED) is 0.435. The molecule has 0 saturated carbocycles. The maximum absolute atomic E-state index is 12.9. The van der Waals surface area contributed by atoms with E-state index < -0.39 is 0 Å². The highest BCUT2D eigenvalue weighted by molar-refractivity contribution is 6.09. The molecule has 4 rings (SSSR count). The lowest BCUT2D eigenvalue weighted by Crippen LogP contribution is -2.13. The second kappa shape index (κ2) is 8.70. The minimum absolute atomic E-state index is 0.175. The van der Waals surface area contributed by atoms with Gasteiger partial charge in [0.05, 0.1) is 7.11 Å². The second-order valence-corrected chi connectivity index (χ2v) is 7.11. The van der Waals surface area contributed by atoms with Gasteiger partial charge >= 0.3 is 0 Å². The average molecular weight is 397 g/mol. The van der Waals surface area contributed by atoms with E-state index >= 15 is 0 Å². The summed E-state index contributed by atoms with van der Waals surface area (Å²) < 4.78 is 11.3. The molecule has 0 aliphatic carbocycles. The summed E-state index contributed by atoms with van der Waals surface area (Å²) in [4.78, 5) is 12.9. The van der Waals surface area contributed by atoms with Crippen LogP contribution in [0.2, 0.25) is 0 Å². The van der Waals surface area contributed by atoms with E-state index in [-0.39, 0.29) is 5.91 Å². The van der Waals surface area contributed by atoms with Gasteiger partial charge in [-0.25, -0.2) is 0 Å². The molecule has 0 aliphatic rings. The van der Waals surface area contributed by atoms with Crippen molar-refractivity contribution in [2.75, 3.05) is 12.4 Å². The molecule has 30 heavy (non-hydrogen) atoms. The predicted octanol–water partition coefficient (Wildman–Crippen LogP) is 5.99. The van der Waals surface area contributed by atoms with Gasteiger partial charge in [0.15, 0.2) is 0 Å². The minimum Gasteiger partial charge on any atom is -0.496 e. The summed E-state index contributed by atoms with van der Waals surface area (Å²) in [6.07, 6.45) is 0. The number of ether oxygens (including phenoxy) is 2. The summed E-state index contributed by atoms with van der Waals surface area (Å²) >= 11 is 0. The van der Waals surface area contributed by atoms with E-state index in [1.807, 2.05) is 79.7 Å². The van der Waals surface area contributed by atoms with E-state index in [1.165, 1.54) is 5.56 Å². The molecule has 4 nitrogen and oxygen atoms in total. The number of hydrogen-bond acceptors (Lipinski definition) is 3. The third-order valence-corrected chi connectivity index (χ3v) is 5.00. The number of methoxy groups -OCH3 is 1. The zero-order chi connectivity index (χ0) is 20.9. The van der Waals surface area contributed by atoms with Crippen LogP contribution in [0.25, 0.3) is 10.8 Å². The lowest BCUT2D eigenvalue weighted by atomic mass is 10.1. The normalized spacial score (nSPS) is 10.6. The molecule has 4 heteroatoms. The Kier molecular flexibility index (Phi) is 5.66. The van der Waals surface area contributed by atoms with E-state index in [9.17, 15) is 4.79 Å². The van der Waals surface area contributed by atoms with Gasteiger partial charge < -0.3 is 14.8 Å². The van der Waals surface area contributed by atoms with Gasteiger partial charge in [0.1, 0.15) is 18.1 Å². The van der Waals surface area contributed by atoms with Gasteiger partial charge in [-0.1, -0.05) is 54.1 Å². The van der Waals surface area contributed by atoms with Crippen LogP contribution in [0.1, 0.15) is 21.5 Å². The Labute approximate surface area is 176 Å². The molecule has 0 aromatic heterocycles. The topological polar surface area (TPSA) is 47.6 Å². The summed E-state index contributed by atoms with van der Waals surface area (Å²) in [5, 5.41) is 5.11. The fourth-order valence-corrected chi connectivity index (χ4v) is 3.36. The number of aryl methyl sites for hydroxylation is 1. The molecule has 0 heterocycles. The monoisotopic (exact) mass is 397 g/mol. The highest BCUT2D eigenvalue weighted by Gasteiger charge is 2.12. The first kappa shape index (κ1) is 19.5. The number of rotatable bonds is 6. The molecule has 0 saturated heterocycles. The van der Waals surface area contributed by atoms with Gasteiger partial charge in [0, 0.05) is 22.2 Å². The summed E-state index contributed by atoms with van der Waals surface area (Å²) in [5.41, 5.74) is 3.31. The van der Waals surface area contributed by atoms with Gasteiger partial charge in [0.2, 0.25) is 0 Å². The number of anilines is 1. The minimum atomic E-state index is -0.175. The number of carbonyl (C=O) groups excluding carboxylic acids is 1. The molecule has 1 amide bonds. The smallest absolute Gasteiger partial charge is 0.255 e. The van der Waals surface area contributed by atoms with Crippen molar-refractivity contribution in [3.05, 3.63) is 102 Å². The van der Waals surface area contributed by atoms with Crippen LogP contribution in [0.3, 0.4) is 0 Å². The Morgan fingerprint density at radius 3 is 2.47 bits per heavy atom. The number of carbonyl (C=O) groups is 1. The summed E-state index contributed by atoms with van der Waals surface area (Å²) in [6.45, 7) is 2.34. The van der Waals surface area contributed by atoms with Gasteiger partial charge in [-0.05, 0) is 48.7 Å². The van der Waals surface area contributed by atoms with Crippen LogP contribution >= 0.6 is 0 Å². The zero-order valence-electron chi connectivity index (χ0n) is 17.0. The van der Waals surface area contributed by atoms with Crippen molar-refractivity contribution in [1.82, 2.24) is 0 Å². The Morgan fingerprint density at radius 1 is 0.900 bits per heavy atom. The van der Waals surface area contributed by atoms with Crippen molar-refractivity contribution in [2.45, 2.75) is 13.5 Å². The van der Waals surface area contributed by atoms with Crippen LogP contribution in [-0.2, 0) is 6.61 Å². The number of hydrogen-bond donors (Lipinski definition) is 1. The molecule has 0 radical (unpaired) electrons. The van der Waals surface area contributed by atoms with Crippen molar-refractivity contribution in [3.63, 3.8) is 0 Å². The standard InChI is InChI=1S/C26H23NO3/c1-18-10-13-22(14-11-18)30-17-21-16-20(12-15-25(21)29-2)26(28)27-24-9-5-7-19-6-3-4-8-23(19)24/h3-16H,17H2,1-2H3,(H,27,28). The largest absolute Gasteiger partial charge is 0.496 e. The van der Waals surface area contributed by atoms with Gasteiger partial charge in [-0.3, -0.25) is 4.79 Å². The highest BCUT2D eigenvalue weighted by Crippen LogP contribution is 2.26. The number of amides is 1. The number of nitrogens with one attached hydrogen (secondary N) is 1. The van der Waals surface area contributed by atoms with E-state index in [1.54, 1.807) is 19.2 Å². The predicted molar refractivity (Wildman–Crippen MR) is 120 cm³/mol. The van der Waals surface area contributed by atoms with Gasteiger partial charge in [0.25, 0.3) is 5.91 Å². The first-order chi connectivity index (χ1) is 14.6. The number of benzene rings is 4. The van der Waals surface area contributed by atoms with E-state index in [2.05, 4.69) is 5.32 Å². The summed E-state index contributed by atoms with van der Waals surface area (Å²) in [6, 6.07) is 27.1. The van der Waals surface area contributed by atoms with Crippen LogP contribution in [0.5, 0.6) is 11.5 Å². The maximum atomic E-state index is 12.9. The van der Waals surface area contributed by atoms with E-state index in [0.717, 1.165) is 27.8 Å². The first-order valence-corrected chi connectivity index (χ1v) is 9.79. The molecule has 4 aromatic carbocycles. The zero-order valence-corrected chi connectivity index (χ0v) is 17.0. The molecule has 0 atom stereocenters. The fourth-order valence-electron chi connectivity index (χ4n) is 3.36. The Morgan fingerprint density at radius 2 is 1.67 bits per heavy atom. The van der Waals surface area contributed by atoms with E-state index in [0.29, 0.717) is 17.9 Å². The lowest BCUT2D eigenvalue weighted by Gasteiger charge is -2.13. The van der Waals surface area contributed by atoms with Gasteiger partial charge in [-0.15, -0.1) is 0 Å². The molecule has 0 bridgehead atoms. The SMILES string of the molecule is COc1ccc(C(=O)Nc2cccc3ccccc23)cc1COc1ccc(C)cc1. The Balaban J connectivity index is 1.55.